The number of rotatable bonds is 4. The van der Waals surface area contributed by atoms with Gasteiger partial charge < -0.3 is 10.2 Å². The number of nitrogens with zero attached hydrogens (tertiary/aromatic N) is 3. The molecule has 1 saturated heterocycles. The molecule has 0 bridgehead atoms. The van der Waals surface area contributed by atoms with Crippen LogP contribution in [0.3, 0.4) is 0 Å². The molecule has 1 atom stereocenters. The van der Waals surface area contributed by atoms with Crippen molar-refractivity contribution in [2.75, 3.05) is 26.7 Å². The second-order valence-electron chi connectivity index (χ2n) is 4.51. The van der Waals surface area contributed by atoms with Gasteiger partial charge in [-0.05, 0) is 44.1 Å². The Morgan fingerprint density at radius 1 is 1.53 bits per heavy atom. The first-order valence-corrected chi connectivity index (χ1v) is 6.47. The quantitative estimate of drug-likeness (QED) is 0.672. The summed E-state index contributed by atoms with van der Waals surface area (Å²) in [4.78, 5) is 10.1. The van der Waals surface area contributed by atoms with E-state index in [-0.39, 0.29) is 5.28 Å². The third kappa shape index (κ3) is 3.78. The summed E-state index contributed by atoms with van der Waals surface area (Å²) in [6, 6.07) is 0. The zero-order valence-corrected chi connectivity index (χ0v) is 11.3. The highest BCUT2D eigenvalue weighted by atomic mass is 35.5. The molecule has 4 nitrogen and oxygen atoms in total. The van der Waals surface area contributed by atoms with Crippen LogP contribution in [0.2, 0.25) is 10.4 Å². The molecule has 0 saturated carbocycles. The molecule has 0 spiro atoms. The topological polar surface area (TPSA) is 41.1 Å². The average Bonchev–Trinajstić information content (AvgIpc) is 2.75. The molecule has 1 aromatic heterocycles. The Bertz CT molecular complexity index is 380. The van der Waals surface area contributed by atoms with Gasteiger partial charge in [0.1, 0.15) is 5.15 Å². The molecule has 1 aliphatic heterocycles. The van der Waals surface area contributed by atoms with Gasteiger partial charge in [-0.2, -0.15) is 0 Å². The van der Waals surface area contributed by atoms with Crippen molar-refractivity contribution in [1.29, 1.82) is 0 Å². The zero-order chi connectivity index (χ0) is 12.3. The van der Waals surface area contributed by atoms with Gasteiger partial charge in [0, 0.05) is 24.8 Å². The van der Waals surface area contributed by atoms with E-state index < -0.39 is 0 Å². The predicted molar refractivity (Wildman–Crippen MR) is 69.4 cm³/mol. The summed E-state index contributed by atoms with van der Waals surface area (Å²) in [5, 5.41) is 4.01. The van der Waals surface area contributed by atoms with E-state index in [1.165, 1.54) is 6.42 Å². The van der Waals surface area contributed by atoms with Gasteiger partial charge in [-0.1, -0.05) is 11.6 Å². The van der Waals surface area contributed by atoms with Crippen LogP contribution in [0.25, 0.3) is 0 Å². The molecule has 1 aromatic rings. The average molecular weight is 275 g/mol. The lowest BCUT2D eigenvalue weighted by Gasteiger charge is -2.20. The van der Waals surface area contributed by atoms with Gasteiger partial charge in [-0.3, -0.25) is 0 Å². The van der Waals surface area contributed by atoms with Crippen LogP contribution < -0.4 is 5.32 Å². The highest BCUT2D eigenvalue weighted by Gasteiger charge is 2.17. The van der Waals surface area contributed by atoms with Crippen molar-refractivity contribution in [3.05, 3.63) is 22.2 Å². The molecule has 0 radical (unpaired) electrons. The van der Waals surface area contributed by atoms with Crippen LogP contribution in [0.4, 0.5) is 0 Å². The molecule has 1 fully saturated rings. The summed E-state index contributed by atoms with van der Waals surface area (Å²) in [6.07, 6.45) is 2.94. The van der Waals surface area contributed by atoms with Crippen molar-refractivity contribution < 1.29 is 0 Å². The molecule has 94 valence electrons. The van der Waals surface area contributed by atoms with Gasteiger partial charge >= 0.3 is 0 Å². The first kappa shape index (κ1) is 13.0. The second-order valence-corrected chi connectivity index (χ2v) is 5.21. The largest absolute Gasteiger partial charge is 0.316 e. The third-order valence-corrected chi connectivity index (χ3v) is 3.46. The van der Waals surface area contributed by atoms with Crippen LogP contribution in [0.15, 0.2) is 6.20 Å². The van der Waals surface area contributed by atoms with E-state index in [9.17, 15) is 0 Å². The normalized spacial score (nSPS) is 20.1. The molecule has 1 N–H and O–H groups in total. The van der Waals surface area contributed by atoms with Crippen molar-refractivity contribution in [1.82, 2.24) is 20.2 Å². The van der Waals surface area contributed by atoms with Gasteiger partial charge in [-0.25, -0.2) is 9.97 Å². The number of hydrogen-bond donors (Lipinski definition) is 1. The van der Waals surface area contributed by atoms with Crippen LogP contribution in [0.1, 0.15) is 12.0 Å². The maximum absolute atomic E-state index is 6.02. The molecule has 0 amide bonds. The summed E-state index contributed by atoms with van der Waals surface area (Å²) in [5.41, 5.74) is 0.921. The Hall–Kier alpha value is -0.420. The van der Waals surface area contributed by atoms with E-state index in [0.29, 0.717) is 5.15 Å². The van der Waals surface area contributed by atoms with Gasteiger partial charge in [0.2, 0.25) is 5.28 Å². The minimum absolute atomic E-state index is 0.196. The van der Waals surface area contributed by atoms with E-state index in [1.54, 1.807) is 6.20 Å². The molecule has 1 unspecified atom stereocenters. The lowest BCUT2D eigenvalue weighted by atomic mass is 10.1. The predicted octanol–water partition coefficient (Wildman–Crippen LogP) is 1.82. The molecular formula is C11H16Cl2N4. The SMILES string of the molecule is CN(Cc1cnc(Cl)nc1Cl)CC1CCNC1. The van der Waals surface area contributed by atoms with E-state index in [1.807, 2.05) is 0 Å². The Labute approximate surface area is 111 Å². The molecule has 1 aliphatic rings. The molecule has 2 heterocycles. The van der Waals surface area contributed by atoms with Crippen LogP contribution in [-0.2, 0) is 6.54 Å². The summed E-state index contributed by atoms with van der Waals surface area (Å²) in [6.45, 7) is 4.05. The lowest BCUT2D eigenvalue weighted by Crippen LogP contribution is -2.26. The molecule has 0 aliphatic carbocycles. The van der Waals surface area contributed by atoms with Gasteiger partial charge in [0.25, 0.3) is 0 Å². The fraction of sp³-hybridized carbons (Fsp3) is 0.636. The van der Waals surface area contributed by atoms with Crippen molar-refractivity contribution in [3.63, 3.8) is 0 Å². The van der Waals surface area contributed by atoms with Crippen LogP contribution >= 0.6 is 23.2 Å². The fourth-order valence-electron chi connectivity index (χ4n) is 2.14. The Morgan fingerprint density at radius 2 is 2.35 bits per heavy atom. The molecule has 0 aromatic carbocycles. The molecule has 2 rings (SSSR count). The van der Waals surface area contributed by atoms with Crippen molar-refractivity contribution in [3.8, 4) is 0 Å². The number of hydrogen-bond acceptors (Lipinski definition) is 4. The summed E-state index contributed by atoms with van der Waals surface area (Å²) in [7, 11) is 2.09. The minimum Gasteiger partial charge on any atom is -0.316 e. The van der Waals surface area contributed by atoms with E-state index in [0.717, 1.165) is 37.7 Å². The summed E-state index contributed by atoms with van der Waals surface area (Å²) in [5.74, 6) is 0.729. The van der Waals surface area contributed by atoms with Crippen molar-refractivity contribution >= 4 is 23.2 Å². The summed E-state index contributed by atoms with van der Waals surface area (Å²) >= 11 is 11.7. The summed E-state index contributed by atoms with van der Waals surface area (Å²) < 4.78 is 0. The first-order chi connectivity index (χ1) is 8.15. The van der Waals surface area contributed by atoms with Crippen LogP contribution in [0.5, 0.6) is 0 Å². The Morgan fingerprint density at radius 3 is 3.00 bits per heavy atom. The minimum atomic E-state index is 0.196. The zero-order valence-electron chi connectivity index (χ0n) is 9.79. The number of aromatic nitrogens is 2. The Balaban J connectivity index is 1.90. The molecule has 17 heavy (non-hydrogen) atoms. The number of halogens is 2. The van der Waals surface area contributed by atoms with Gasteiger partial charge in [-0.15, -0.1) is 0 Å². The van der Waals surface area contributed by atoms with E-state index in [4.69, 9.17) is 23.2 Å². The second kappa shape index (κ2) is 5.96. The fourth-order valence-corrected chi connectivity index (χ4v) is 2.50. The van der Waals surface area contributed by atoms with Crippen molar-refractivity contribution in [2.45, 2.75) is 13.0 Å². The third-order valence-electron chi connectivity index (χ3n) is 2.95. The van der Waals surface area contributed by atoms with Gasteiger partial charge in [0.15, 0.2) is 0 Å². The van der Waals surface area contributed by atoms with Crippen LogP contribution in [-0.4, -0.2) is 41.5 Å². The van der Waals surface area contributed by atoms with Crippen LogP contribution in [0, 0.1) is 5.92 Å². The molecular weight excluding hydrogens is 259 g/mol. The van der Waals surface area contributed by atoms with Crippen molar-refractivity contribution in [2.24, 2.45) is 5.92 Å². The molecule has 6 heteroatoms. The monoisotopic (exact) mass is 274 g/mol. The van der Waals surface area contributed by atoms with E-state index in [2.05, 4.69) is 27.2 Å². The van der Waals surface area contributed by atoms with Gasteiger partial charge in [0.05, 0.1) is 0 Å². The highest BCUT2D eigenvalue weighted by molar-refractivity contribution is 6.32. The Kier molecular flexibility index (Phi) is 4.56. The number of nitrogens with one attached hydrogen (secondary N) is 1. The smallest absolute Gasteiger partial charge is 0.223 e. The maximum atomic E-state index is 6.02. The lowest BCUT2D eigenvalue weighted by molar-refractivity contribution is 0.278. The standard InChI is InChI=1S/C11H16Cl2N4/c1-17(6-8-2-3-14-4-8)7-9-5-15-11(13)16-10(9)12/h5,8,14H,2-4,6-7H2,1H3. The van der Waals surface area contributed by atoms with E-state index >= 15 is 0 Å². The first-order valence-electron chi connectivity index (χ1n) is 5.71. The highest BCUT2D eigenvalue weighted by Crippen LogP contribution is 2.17. The maximum Gasteiger partial charge on any atom is 0.223 e.